The quantitative estimate of drug-likeness (QED) is 0.734. The van der Waals surface area contributed by atoms with Gasteiger partial charge in [0.2, 0.25) is 0 Å². The van der Waals surface area contributed by atoms with Crippen molar-refractivity contribution >= 4 is 0 Å². The second kappa shape index (κ2) is 9.51. The third-order valence-electron chi connectivity index (χ3n) is 4.75. The van der Waals surface area contributed by atoms with Gasteiger partial charge in [0, 0.05) is 42.7 Å². The second-order valence-electron chi connectivity index (χ2n) is 7.15. The molecule has 3 rings (SSSR count). The summed E-state index contributed by atoms with van der Waals surface area (Å²) >= 11 is 0. The molecule has 1 N–H and O–H groups in total. The van der Waals surface area contributed by atoms with Crippen LogP contribution in [0.15, 0.2) is 60.9 Å². The van der Waals surface area contributed by atoms with E-state index in [0.29, 0.717) is 12.6 Å². The minimum absolute atomic E-state index is 0.546. The molecular weight excluding hydrogens is 322 g/mol. The number of ether oxygens (including phenoxy) is 1. The highest BCUT2D eigenvalue weighted by atomic mass is 16.5. The zero-order valence-electron chi connectivity index (χ0n) is 15.7. The highest BCUT2D eigenvalue weighted by molar-refractivity contribution is 5.33. The molecule has 2 heterocycles. The van der Waals surface area contributed by atoms with E-state index in [1.54, 1.807) is 6.20 Å². The molecule has 1 aromatic heterocycles. The number of piperidine rings is 1. The lowest BCUT2D eigenvalue weighted by Gasteiger charge is -2.32. The second-order valence-corrected chi connectivity index (χ2v) is 7.15. The Morgan fingerprint density at radius 3 is 2.77 bits per heavy atom. The number of hydrogen-bond acceptors (Lipinski definition) is 4. The fourth-order valence-corrected chi connectivity index (χ4v) is 3.37. The monoisotopic (exact) mass is 351 g/mol. The summed E-state index contributed by atoms with van der Waals surface area (Å²) in [6, 6.07) is 12.8. The maximum atomic E-state index is 6.03. The van der Waals surface area contributed by atoms with Crippen molar-refractivity contribution in [2.24, 2.45) is 0 Å². The van der Waals surface area contributed by atoms with E-state index in [2.05, 4.69) is 40.8 Å². The molecule has 1 fully saturated rings. The summed E-state index contributed by atoms with van der Waals surface area (Å²) in [7, 11) is 0. The first-order valence-corrected chi connectivity index (χ1v) is 9.40. The number of nitrogens with one attached hydrogen (secondary N) is 1. The molecule has 0 spiro atoms. The van der Waals surface area contributed by atoms with Crippen LogP contribution in [0.3, 0.4) is 0 Å². The topological polar surface area (TPSA) is 37.4 Å². The normalized spacial score (nSPS) is 15.7. The molecule has 2 aromatic rings. The van der Waals surface area contributed by atoms with Crippen molar-refractivity contribution in [1.82, 2.24) is 15.2 Å². The first-order chi connectivity index (χ1) is 12.7. The van der Waals surface area contributed by atoms with Gasteiger partial charge in [0.15, 0.2) is 0 Å². The largest absolute Gasteiger partial charge is 0.489 e. The molecule has 4 heteroatoms. The number of hydrogen-bond donors (Lipinski definition) is 1. The zero-order valence-corrected chi connectivity index (χ0v) is 15.7. The van der Waals surface area contributed by atoms with Crippen molar-refractivity contribution in [3.8, 4) is 5.75 Å². The summed E-state index contributed by atoms with van der Waals surface area (Å²) in [5.41, 5.74) is 3.54. The number of aromatic nitrogens is 1. The average Bonchev–Trinajstić information content (AvgIpc) is 2.67. The Morgan fingerprint density at radius 1 is 1.23 bits per heavy atom. The van der Waals surface area contributed by atoms with Crippen molar-refractivity contribution in [1.29, 1.82) is 0 Å². The first kappa shape index (κ1) is 18.6. The number of likely N-dealkylation sites (tertiary alicyclic amines) is 1. The molecule has 138 valence electrons. The predicted octanol–water partition coefficient (Wildman–Crippen LogP) is 3.79. The van der Waals surface area contributed by atoms with Crippen LogP contribution in [0.1, 0.15) is 30.9 Å². The summed E-state index contributed by atoms with van der Waals surface area (Å²) < 4.78 is 6.03. The summed E-state index contributed by atoms with van der Waals surface area (Å²) in [6.45, 7) is 10.8. The van der Waals surface area contributed by atoms with E-state index < -0.39 is 0 Å². The molecule has 1 saturated heterocycles. The van der Waals surface area contributed by atoms with Gasteiger partial charge in [-0.2, -0.15) is 0 Å². The highest BCUT2D eigenvalue weighted by Crippen LogP contribution is 2.20. The van der Waals surface area contributed by atoms with E-state index >= 15 is 0 Å². The lowest BCUT2D eigenvalue weighted by atomic mass is 10.0. The van der Waals surface area contributed by atoms with Gasteiger partial charge in [0.1, 0.15) is 12.4 Å². The van der Waals surface area contributed by atoms with Gasteiger partial charge < -0.3 is 10.1 Å². The number of para-hydroxylation sites is 1. The highest BCUT2D eigenvalue weighted by Gasteiger charge is 2.18. The summed E-state index contributed by atoms with van der Waals surface area (Å²) in [6.07, 6.45) is 6.00. The van der Waals surface area contributed by atoms with E-state index in [-0.39, 0.29) is 0 Å². The molecule has 26 heavy (non-hydrogen) atoms. The molecule has 0 bridgehead atoms. The molecule has 0 saturated carbocycles. The molecule has 0 amide bonds. The van der Waals surface area contributed by atoms with Crippen LogP contribution in [-0.4, -0.2) is 35.6 Å². The van der Waals surface area contributed by atoms with Crippen molar-refractivity contribution < 1.29 is 4.74 Å². The summed E-state index contributed by atoms with van der Waals surface area (Å²) in [5.74, 6) is 0.948. The number of nitrogens with zero attached hydrogens (tertiary/aromatic N) is 2. The van der Waals surface area contributed by atoms with Crippen LogP contribution in [0.5, 0.6) is 5.75 Å². The lowest BCUT2D eigenvalue weighted by molar-refractivity contribution is 0.210. The Hall–Kier alpha value is -2.17. The Balaban J connectivity index is 1.49. The minimum atomic E-state index is 0.546. The zero-order chi connectivity index (χ0) is 18.2. The van der Waals surface area contributed by atoms with Crippen molar-refractivity contribution in [2.45, 2.75) is 39.0 Å². The fourth-order valence-electron chi connectivity index (χ4n) is 3.37. The SMILES string of the molecule is C=C(C)CN1CCC(NCc2ccccc2OCc2cccnc2)CC1. The van der Waals surface area contributed by atoms with Gasteiger partial charge in [-0.05, 0) is 45.0 Å². The number of rotatable bonds is 8. The van der Waals surface area contributed by atoms with Gasteiger partial charge in [-0.1, -0.05) is 36.4 Å². The van der Waals surface area contributed by atoms with Gasteiger partial charge in [-0.3, -0.25) is 9.88 Å². The van der Waals surface area contributed by atoms with E-state index in [1.165, 1.54) is 24.0 Å². The van der Waals surface area contributed by atoms with Crippen LogP contribution in [0.2, 0.25) is 0 Å². The Morgan fingerprint density at radius 2 is 2.04 bits per heavy atom. The standard InChI is InChI=1S/C22H29N3O/c1-18(2)16-25-12-9-21(10-13-25)24-15-20-7-3-4-8-22(20)26-17-19-6-5-11-23-14-19/h3-8,11,14,21,24H,1,9-10,12-13,15-17H2,2H3. The van der Waals surface area contributed by atoms with Gasteiger partial charge in [-0.25, -0.2) is 0 Å². The van der Waals surface area contributed by atoms with E-state index in [4.69, 9.17) is 4.74 Å². The van der Waals surface area contributed by atoms with Gasteiger partial charge in [0.25, 0.3) is 0 Å². The van der Waals surface area contributed by atoms with Gasteiger partial charge in [-0.15, -0.1) is 0 Å². The molecule has 0 unspecified atom stereocenters. The molecule has 1 aromatic carbocycles. The third-order valence-corrected chi connectivity index (χ3v) is 4.75. The maximum Gasteiger partial charge on any atom is 0.124 e. The van der Waals surface area contributed by atoms with E-state index in [9.17, 15) is 0 Å². The first-order valence-electron chi connectivity index (χ1n) is 9.40. The smallest absolute Gasteiger partial charge is 0.124 e. The van der Waals surface area contributed by atoms with Crippen LogP contribution in [0, 0.1) is 0 Å². The van der Waals surface area contributed by atoms with E-state index in [0.717, 1.165) is 37.5 Å². The summed E-state index contributed by atoms with van der Waals surface area (Å²) in [4.78, 5) is 6.63. The van der Waals surface area contributed by atoms with Crippen LogP contribution in [0.4, 0.5) is 0 Å². The van der Waals surface area contributed by atoms with E-state index in [1.807, 2.05) is 30.5 Å². The third kappa shape index (κ3) is 5.68. The Labute approximate surface area is 156 Å². The molecule has 0 atom stereocenters. The molecule has 4 nitrogen and oxygen atoms in total. The minimum Gasteiger partial charge on any atom is -0.489 e. The van der Waals surface area contributed by atoms with Crippen molar-refractivity contribution in [3.63, 3.8) is 0 Å². The van der Waals surface area contributed by atoms with Crippen LogP contribution >= 0.6 is 0 Å². The Kier molecular flexibility index (Phi) is 6.81. The van der Waals surface area contributed by atoms with Crippen LogP contribution in [-0.2, 0) is 13.2 Å². The fraction of sp³-hybridized carbons (Fsp3) is 0.409. The molecular formula is C22H29N3O. The summed E-state index contributed by atoms with van der Waals surface area (Å²) in [5, 5.41) is 3.71. The van der Waals surface area contributed by atoms with Crippen LogP contribution in [0.25, 0.3) is 0 Å². The lowest BCUT2D eigenvalue weighted by Crippen LogP contribution is -2.42. The van der Waals surface area contributed by atoms with Crippen molar-refractivity contribution in [3.05, 3.63) is 72.1 Å². The van der Waals surface area contributed by atoms with Crippen LogP contribution < -0.4 is 10.1 Å². The molecule has 0 aliphatic carbocycles. The molecule has 1 aliphatic heterocycles. The molecule has 1 aliphatic rings. The number of benzene rings is 1. The van der Waals surface area contributed by atoms with Gasteiger partial charge in [0.05, 0.1) is 0 Å². The van der Waals surface area contributed by atoms with Gasteiger partial charge >= 0.3 is 0 Å². The average molecular weight is 351 g/mol. The van der Waals surface area contributed by atoms with Crippen molar-refractivity contribution in [2.75, 3.05) is 19.6 Å². The maximum absolute atomic E-state index is 6.03. The molecule has 0 radical (unpaired) electrons. The predicted molar refractivity (Wildman–Crippen MR) is 106 cm³/mol. The number of pyridine rings is 1. The Bertz CT molecular complexity index is 694.